The van der Waals surface area contributed by atoms with Crippen LogP contribution in [0, 0.1) is 0 Å². The third-order valence-corrected chi connectivity index (χ3v) is 2.85. The summed E-state index contributed by atoms with van der Waals surface area (Å²) in [6.45, 7) is 2.03. The molecule has 0 radical (unpaired) electrons. The molecule has 2 aromatic rings. The molecule has 1 atom stereocenters. The van der Waals surface area contributed by atoms with Gasteiger partial charge in [-0.15, -0.1) is 0 Å². The van der Waals surface area contributed by atoms with E-state index in [1.165, 1.54) is 7.11 Å². The van der Waals surface area contributed by atoms with Gasteiger partial charge in [0.25, 0.3) is 0 Å². The molecule has 1 unspecified atom stereocenters. The van der Waals surface area contributed by atoms with E-state index in [1.807, 2.05) is 42.0 Å². The van der Waals surface area contributed by atoms with Crippen LogP contribution in [-0.4, -0.2) is 29.2 Å². The molecule has 1 amide bonds. The fourth-order valence-corrected chi connectivity index (χ4v) is 1.84. The smallest absolute Gasteiger partial charge is 0.246 e. The molecule has 19 heavy (non-hydrogen) atoms. The fourth-order valence-electron chi connectivity index (χ4n) is 1.84. The van der Waals surface area contributed by atoms with Crippen LogP contribution < -0.4 is 5.32 Å². The van der Waals surface area contributed by atoms with Gasteiger partial charge in [-0.3, -0.25) is 4.79 Å². The van der Waals surface area contributed by atoms with Gasteiger partial charge < -0.3 is 14.6 Å². The van der Waals surface area contributed by atoms with E-state index in [1.54, 1.807) is 12.5 Å². The van der Waals surface area contributed by atoms with Gasteiger partial charge in [0.2, 0.25) is 5.91 Å². The van der Waals surface area contributed by atoms with Crippen LogP contribution in [0.15, 0.2) is 43.0 Å². The number of carbonyl (C=O) groups excluding carboxylic acids is 1. The Balaban J connectivity index is 2.04. The number of hydrogen-bond donors (Lipinski definition) is 1. The molecule has 0 saturated heterocycles. The summed E-state index contributed by atoms with van der Waals surface area (Å²) in [5, 5.41) is 2.87. The van der Waals surface area contributed by atoms with Crippen molar-refractivity contribution in [3.63, 3.8) is 0 Å². The van der Waals surface area contributed by atoms with Crippen molar-refractivity contribution in [2.45, 2.75) is 13.0 Å². The molecule has 100 valence electrons. The number of amides is 1. The number of aromatic nitrogens is 2. The molecule has 1 aromatic heterocycles. The Labute approximate surface area is 112 Å². The second kappa shape index (κ2) is 6.15. The number of ether oxygens (including phenoxy) is 1. The molecule has 0 aliphatic carbocycles. The van der Waals surface area contributed by atoms with E-state index in [-0.39, 0.29) is 18.6 Å². The third-order valence-electron chi connectivity index (χ3n) is 2.85. The Bertz CT molecular complexity index is 520. The zero-order valence-corrected chi connectivity index (χ0v) is 11.0. The summed E-state index contributed by atoms with van der Waals surface area (Å²) < 4.78 is 6.71. The van der Waals surface area contributed by atoms with Gasteiger partial charge in [-0.25, -0.2) is 4.98 Å². The highest BCUT2D eigenvalue weighted by Gasteiger charge is 2.09. The molecule has 0 aliphatic rings. The van der Waals surface area contributed by atoms with E-state index in [0.29, 0.717) is 0 Å². The van der Waals surface area contributed by atoms with Crippen LogP contribution in [0.3, 0.4) is 0 Å². The molecular formula is C14H17N3O2. The van der Waals surface area contributed by atoms with E-state index < -0.39 is 0 Å². The highest BCUT2D eigenvalue weighted by atomic mass is 16.5. The van der Waals surface area contributed by atoms with E-state index >= 15 is 0 Å². The van der Waals surface area contributed by atoms with Crippen molar-refractivity contribution < 1.29 is 9.53 Å². The molecule has 1 heterocycles. The van der Waals surface area contributed by atoms with Gasteiger partial charge in [0, 0.05) is 25.2 Å². The number of imidazole rings is 1. The molecule has 2 rings (SSSR count). The van der Waals surface area contributed by atoms with Gasteiger partial charge in [-0.2, -0.15) is 0 Å². The molecule has 0 saturated carbocycles. The van der Waals surface area contributed by atoms with Crippen LogP contribution in [0.1, 0.15) is 18.5 Å². The highest BCUT2D eigenvalue weighted by molar-refractivity contribution is 5.77. The zero-order chi connectivity index (χ0) is 13.7. The predicted molar refractivity (Wildman–Crippen MR) is 72.0 cm³/mol. The first-order valence-corrected chi connectivity index (χ1v) is 6.07. The molecule has 5 nitrogen and oxygen atoms in total. The number of benzene rings is 1. The van der Waals surface area contributed by atoms with Crippen LogP contribution >= 0.6 is 0 Å². The molecule has 5 heteroatoms. The monoisotopic (exact) mass is 259 g/mol. The highest BCUT2D eigenvalue weighted by Crippen LogP contribution is 2.15. The Kier molecular flexibility index (Phi) is 4.30. The van der Waals surface area contributed by atoms with E-state index in [0.717, 1.165) is 11.3 Å². The number of nitrogens with zero attached hydrogens (tertiary/aromatic N) is 2. The lowest BCUT2D eigenvalue weighted by molar-refractivity contribution is -0.125. The minimum atomic E-state index is -0.117. The van der Waals surface area contributed by atoms with E-state index in [9.17, 15) is 4.79 Å². The van der Waals surface area contributed by atoms with Gasteiger partial charge in [0.1, 0.15) is 6.61 Å². The van der Waals surface area contributed by atoms with Crippen molar-refractivity contribution in [1.29, 1.82) is 0 Å². The van der Waals surface area contributed by atoms with Crippen LogP contribution in [-0.2, 0) is 9.53 Å². The first-order valence-electron chi connectivity index (χ1n) is 6.07. The molecule has 1 aromatic carbocycles. The van der Waals surface area contributed by atoms with Crippen molar-refractivity contribution in [3.05, 3.63) is 48.5 Å². The summed E-state index contributed by atoms with van der Waals surface area (Å²) in [5.74, 6) is -0.117. The molecule has 0 spiro atoms. The van der Waals surface area contributed by atoms with E-state index in [2.05, 4.69) is 10.3 Å². The lowest BCUT2D eigenvalue weighted by atomic mass is 10.1. The van der Waals surface area contributed by atoms with Crippen molar-refractivity contribution in [1.82, 2.24) is 14.9 Å². The summed E-state index contributed by atoms with van der Waals surface area (Å²) >= 11 is 0. The van der Waals surface area contributed by atoms with Crippen LogP contribution in [0.25, 0.3) is 5.69 Å². The zero-order valence-electron chi connectivity index (χ0n) is 11.0. The maximum absolute atomic E-state index is 11.4. The fraction of sp³-hybridized carbons (Fsp3) is 0.286. The number of rotatable bonds is 5. The molecule has 0 bridgehead atoms. The van der Waals surface area contributed by atoms with E-state index in [4.69, 9.17) is 4.74 Å². The number of methoxy groups -OCH3 is 1. The second-order valence-corrected chi connectivity index (χ2v) is 4.28. The van der Waals surface area contributed by atoms with Gasteiger partial charge in [0.15, 0.2) is 0 Å². The Morgan fingerprint density at radius 3 is 2.74 bits per heavy atom. The molecule has 0 fully saturated rings. The quantitative estimate of drug-likeness (QED) is 0.889. The predicted octanol–water partition coefficient (Wildman–Crippen LogP) is 1.70. The maximum atomic E-state index is 11.4. The SMILES string of the molecule is COCC(=O)NC(C)c1ccc(-n2ccnc2)cc1. The number of carbonyl (C=O) groups is 1. The number of nitrogens with one attached hydrogen (secondary N) is 1. The van der Waals surface area contributed by atoms with Crippen LogP contribution in [0.5, 0.6) is 0 Å². The molecule has 0 aliphatic heterocycles. The number of hydrogen-bond acceptors (Lipinski definition) is 3. The third kappa shape index (κ3) is 3.42. The van der Waals surface area contributed by atoms with Crippen LogP contribution in [0.2, 0.25) is 0 Å². The van der Waals surface area contributed by atoms with Gasteiger partial charge in [-0.1, -0.05) is 12.1 Å². The summed E-state index contributed by atoms with van der Waals surface area (Å²) in [6, 6.07) is 7.94. The lowest BCUT2D eigenvalue weighted by Gasteiger charge is -2.14. The van der Waals surface area contributed by atoms with Crippen molar-refractivity contribution in [3.8, 4) is 5.69 Å². The first-order chi connectivity index (χ1) is 9.20. The largest absolute Gasteiger partial charge is 0.375 e. The first kappa shape index (κ1) is 13.3. The van der Waals surface area contributed by atoms with Gasteiger partial charge >= 0.3 is 0 Å². The maximum Gasteiger partial charge on any atom is 0.246 e. The van der Waals surface area contributed by atoms with Gasteiger partial charge in [-0.05, 0) is 24.6 Å². The van der Waals surface area contributed by atoms with Gasteiger partial charge in [0.05, 0.1) is 12.4 Å². The van der Waals surface area contributed by atoms with Crippen molar-refractivity contribution >= 4 is 5.91 Å². The topological polar surface area (TPSA) is 56.1 Å². The average molecular weight is 259 g/mol. The average Bonchev–Trinajstić information content (AvgIpc) is 2.93. The second-order valence-electron chi connectivity index (χ2n) is 4.28. The Hall–Kier alpha value is -2.14. The summed E-state index contributed by atoms with van der Waals surface area (Å²) in [4.78, 5) is 15.4. The standard InChI is InChI=1S/C14H17N3O2/c1-11(16-14(18)9-19-2)12-3-5-13(6-4-12)17-8-7-15-10-17/h3-8,10-11H,9H2,1-2H3,(H,16,18). The summed E-state index contributed by atoms with van der Waals surface area (Å²) in [7, 11) is 1.50. The van der Waals surface area contributed by atoms with Crippen molar-refractivity contribution in [2.24, 2.45) is 0 Å². The normalized spacial score (nSPS) is 12.1. The van der Waals surface area contributed by atoms with Crippen molar-refractivity contribution in [2.75, 3.05) is 13.7 Å². The summed E-state index contributed by atoms with van der Waals surface area (Å²) in [5.41, 5.74) is 2.09. The minimum absolute atomic E-state index is 0.0421. The Morgan fingerprint density at radius 1 is 1.42 bits per heavy atom. The molecule has 1 N–H and O–H groups in total. The Morgan fingerprint density at radius 2 is 2.16 bits per heavy atom. The summed E-state index contributed by atoms with van der Waals surface area (Å²) in [6.07, 6.45) is 5.37. The lowest BCUT2D eigenvalue weighted by Crippen LogP contribution is -2.29. The molecular weight excluding hydrogens is 242 g/mol. The minimum Gasteiger partial charge on any atom is -0.375 e. The van der Waals surface area contributed by atoms with Crippen LogP contribution in [0.4, 0.5) is 0 Å².